The number of nitriles is 2. The van der Waals surface area contributed by atoms with E-state index in [9.17, 15) is 15.3 Å². The Bertz CT molecular complexity index is 1270. The fraction of sp³-hybridized carbons (Fsp3) is 0.333. The van der Waals surface area contributed by atoms with Crippen molar-refractivity contribution in [2.45, 2.75) is 50.0 Å². The Morgan fingerprint density at radius 3 is 2.69 bits per heavy atom. The Balaban J connectivity index is 1.74. The van der Waals surface area contributed by atoms with Gasteiger partial charge in [-0.3, -0.25) is 0 Å². The van der Waals surface area contributed by atoms with Gasteiger partial charge in [0.2, 0.25) is 0 Å². The molecular formula is C27H26N4O2S2. The molecule has 0 fully saturated rings. The first-order valence-corrected chi connectivity index (χ1v) is 13.5. The van der Waals surface area contributed by atoms with Crippen LogP contribution in [0.15, 0.2) is 62.5 Å². The number of hydrogen-bond acceptors (Lipinski definition) is 8. The first-order valence-electron chi connectivity index (χ1n) is 11.7. The molecule has 2 N–H and O–H groups in total. The fourth-order valence-electron chi connectivity index (χ4n) is 4.45. The number of allylic oxidation sites excluding steroid dienone is 1. The molecule has 178 valence electrons. The van der Waals surface area contributed by atoms with E-state index in [1.165, 1.54) is 29.9 Å². The van der Waals surface area contributed by atoms with Gasteiger partial charge in [0, 0.05) is 16.4 Å². The summed E-state index contributed by atoms with van der Waals surface area (Å²) >= 11 is 2.65. The average Bonchev–Trinajstić information content (AvgIpc) is 3.11. The Hall–Kier alpha value is -3.20. The summed E-state index contributed by atoms with van der Waals surface area (Å²) in [5, 5.41) is 20.7. The minimum absolute atomic E-state index is 0.223. The lowest BCUT2D eigenvalue weighted by Gasteiger charge is -2.28. The van der Waals surface area contributed by atoms with Gasteiger partial charge in [-0.1, -0.05) is 60.3 Å². The zero-order chi connectivity index (χ0) is 24.8. The second-order valence-corrected chi connectivity index (χ2v) is 10.4. The van der Waals surface area contributed by atoms with E-state index < -0.39 is 11.9 Å². The van der Waals surface area contributed by atoms with Crippen molar-refractivity contribution < 1.29 is 9.53 Å². The number of nitrogens with zero attached hydrogens (tertiary/aromatic N) is 3. The largest absolute Gasteiger partial charge is 0.463 e. The number of carbonyl (C=O) groups excluding carboxylic acids is 1. The highest BCUT2D eigenvalue weighted by molar-refractivity contribution is 8.08. The van der Waals surface area contributed by atoms with E-state index in [1.807, 2.05) is 36.4 Å². The molecule has 6 nitrogen and oxygen atoms in total. The lowest BCUT2D eigenvalue weighted by atomic mass is 9.84. The zero-order valence-electron chi connectivity index (χ0n) is 19.5. The van der Waals surface area contributed by atoms with Crippen molar-refractivity contribution in [2.75, 3.05) is 12.4 Å². The number of aromatic nitrogens is 1. The highest BCUT2D eigenvalue weighted by Gasteiger charge is 2.36. The summed E-state index contributed by atoms with van der Waals surface area (Å²) in [5.74, 6) is -0.671. The lowest BCUT2D eigenvalue weighted by molar-refractivity contribution is -0.138. The highest BCUT2D eigenvalue weighted by atomic mass is 32.2. The molecule has 8 heteroatoms. The number of fused-ring (bicyclic) bond motifs is 1. The smallest absolute Gasteiger partial charge is 0.335 e. The highest BCUT2D eigenvalue weighted by Crippen LogP contribution is 2.47. The molecule has 1 aromatic heterocycles. The summed E-state index contributed by atoms with van der Waals surface area (Å²) in [6.07, 6.45) is 5.25. The zero-order valence-corrected chi connectivity index (χ0v) is 21.2. The van der Waals surface area contributed by atoms with Gasteiger partial charge >= 0.3 is 5.97 Å². The van der Waals surface area contributed by atoms with E-state index >= 15 is 0 Å². The van der Waals surface area contributed by atoms with Crippen molar-refractivity contribution >= 4 is 29.5 Å². The number of esters is 1. The minimum Gasteiger partial charge on any atom is -0.463 e. The summed E-state index contributed by atoms with van der Waals surface area (Å²) < 4.78 is 5.42. The molecular weight excluding hydrogens is 476 g/mol. The summed E-state index contributed by atoms with van der Waals surface area (Å²) in [6.45, 7) is 1.98. The predicted molar refractivity (Wildman–Crippen MR) is 138 cm³/mol. The number of hydrogen-bond donors (Lipinski definition) is 1. The van der Waals surface area contributed by atoms with Crippen LogP contribution in [-0.4, -0.2) is 23.3 Å². The Morgan fingerprint density at radius 2 is 1.97 bits per heavy atom. The molecule has 1 unspecified atom stereocenters. The van der Waals surface area contributed by atoms with Gasteiger partial charge in [0.05, 0.1) is 40.3 Å². The number of ether oxygens (including phenoxy) is 1. The summed E-state index contributed by atoms with van der Waals surface area (Å²) in [7, 11) is 0. The molecule has 0 saturated heterocycles. The molecule has 1 aromatic carbocycles. The van der Waals surface area contributed by atoms with Crippen LogP contribution in [0.1, 0.15) is 54.5 Å². The van der Waals surface area contributed by atoms with Gasteiger partial charge in [-0.15, -0.1) is 0 Å². The Labute approximate surface area is 214 Å². The third kappa shape index (κ3) is 5.40. The third-order valence-corrected chi connectivity index (χ3v) is 8.35. The minimum atomic E-state index is -0.604. The quantitative estimate of drug-likeness (QED) is 0.319. The van der Waals surface area contributed by atoms with Crippen molar-refractivity contribution in [2.24, 2.45) is 5.73 Å². The van der Waals surface area contributed by atoms with Gasteiger partial charge in [0.15, 0.2) is 0 Å². The van der Waals surface area contributed by atoms with Gasteiger partial charge < -0.3 is 10.5 Å². The SMILES string of the molecule is CCOC(=O)C1=C(CSc2nc3c(cc2C#N)CCCCC3)SC(N)=C(C#N)C1c1ccccc1. The van der Waals surface area contributed by atoms with Gasteiger partial charge in [-0.2, -0.15) is 10.5 Å². The molecule has 0 spiro atoms. The first kappa shape index (κ1) is 24.9. The number of benzene rings is 1. The number of thioether (sulfide) groups is 2. The number of carbonyl (C=O) groups is 1. The van der Waals surface area contributed by atoms with E-state index in [4.69, 9.17) is 15.5 Å². The molecule has 0 radical (unpaired) electrons. The van der Waals surface area contributed by atoms with Crippen LogP contribution in [0.5, 0.6) is 0 Å². The van der Waals surface area contributed by atoms with Crippen LogP contribution in [0.3, 0.4) is 0 Å². The Kier molecular flexibility index (Phi) is 8.17. The van der Waals surface area contributed by atoms with Crippen molar-refractivity contribution in [3.63, 3.8) is 0 Å². The number of pyridine rings is 1. The normalized spacial score (nSPS) is 17.7. The maximum atomic E-state index is 13.2. The molecule has 0 bridgehead atoms. The first-order chi connectivity index (χ1) is 17.1. The van der Waals surface area contributed by atoms with E-state index in [-0.39, 0.29) is 6.61 Å². The van der Waals surface area contributed by atoms with Crippen molar-refractivity contribution in [1.82, 2.24) is 4.98 Å². The van der Waals surface area contributed by atoms with Crippen molar-refractivity contribution in [3.05, 3.63) is 79.9 Å². The molecule has 0 saturated carbocycles. The predicted octanol–water partition coefficient (Wildman–Crippen LogP) is 5.36. The molecule has 2 aromatic rings. The van der Waals surface area contributed by atoms with Crippen LogP contribution < -0.4 is 5.73 Å². The van der Waals surface area contributed by atoms with Gasteiger partial charge in [0.1, 0.15) is 11.1 Å². The fourth-order valence-corrected chi connectivity index (χ4v) is 6.57. The summed E-state index contributed by atoms with van der Waals surface area (Å²) in [4.78, 5) is 18.8. The van der Waals surface area contributed by atoms with E-state index in [2.05, 4.69) is 12.1 Å². The molecule has 0 amide bonds. The number of rotatable bonds is 6. The van der Waals surface area contributed by atoms with Crippen molar-refractivity contribution in [1.29, 1.82) is 10.5 Å². The maximum absolute atomic E-state index is 13.2. The van der Waals surface area contributed by atoms with Gasteiger partial charge in [-0.05, 0) is 49.8 Å². The van der Waals surface area contributed by atoms with E-state index in [0.717, 1.165) is 47.4 Å². The van der Waals surface area contributed by atoms with Crippen LogP contribution in [0.2, 0.25) is 0 Å². The average molecular weight is 503 g/mol. The van der Waals surface area contributed by atoms with Crippen LogP contribution in [-0.2, 0) is 22.4 Å². The number of aryl methyl sites for hydroxylation is 2. The topological polar surface area (TPSA) is 113 Å². The van der Waals surface area contributed by atoms with E-state index in [1.54, 1.807) is 6.92 Å². The third-order valence-electron chi connectivity index (χ3n) is 6.10. The lowest BCUT2D eigenvalue weighted by Crippen LogP contribution is -2.23. The second kappa shape index (κ2) is 11.5. The van der Waals surface area contributed by atoms with Crippen LogP contribution in [0.4, 0.5) is 0 Å². The molecule has 1 aliphatic heterocycles. The maximum Gasteiger partial charge on any atom is 0.335 e. The van der Waals surface area contributed by atoms with Crippen LogP contribution in [0, 0.1) is 22.7 Å². The van der Waals surface area contributed by atoms with E-state index in [0.29, 0.717) is 32.5 Å². The molecule has 4 rings (SSSR count). The van der Waals surface area contributed by atoms with Crippen LogP contribution in [0.25, 0.3) is 0 Å². The van der Waals surface area contributed by atoms with Gasteiger partial charge in [0.25, 0.3) is 0 Å². The second-order valence-electron chi connectivity index (χ2n) is 8.30. The monoisotopic (exact) mass is 502 g/mol. The molecule has 1 aliphatic carbocycles. The molecule has 2 aliphatic rings. The number of nitrogens with two attached hydrogens (primary N) is 1. The summed E-state index contributed by atoms with van der Waals surface area (Å²) in [6, 6.07) is 15.9. The standard InChI is InChI=1S/C27H26N4O2S2/c1-2-33-27(32)24-22(35-25(30)20(15-29)23(24)17-9-5-3-6-10-17)16-34-26-19(14-28)13-18-11-7-4-8-12-21(18)31-26/h3,5-6,9-10,13,23H,2,4,7-8,11-12,16,30H2,1H3. The summed E-state index contributed by atoms with van der Waals surface area (Å²) in [5.41, 5.74) is 10.7. The van der Waals surface area contributed by atoms with Crippen molar-refractivity contribution in [3.8, 4) is 12.1 Å². The molecule has 1 atom stereocenters. The molecule has 2 heterocycles. The Morgan fingerprint density at radius 1 is 1.20 bits per heavy atom. The van der Waals surface area contributed by atoms with Gasteiger partial charge in [-0.25, -0.2) is 9.78 Å². The molecule has 35 heavy (non-hydrogen) atoms. The van der Waals surface area contributed by atoms with Crippen LogP contribution >= 0.6 is 23.5 Å².